The van der Waals surface area contributed by atoms with E-state index in [4.69, 9.17) is 9.47 Å². The van der Waals surface area contributed by atoms with Gasteiger partial charge in [-0.3, -0.25) is 10.1 Å². The topological polar surface area (TPSA) is 60.5 Å². The molecular formula is C20H18N2O3S. The van der Waals surface area contributed by atoms with Gasteiger partial charge in [0.25, 0.3) is 5.91 Å². The second-order valence-electron chi connectivity index (χ2n) is 6.63. The van der Waals surface area contributed by atoms with Crippen LogP contribution >= 0.6 is 11.3 Å². The van der Waals surface area contributed by atoms with Crippen LogP contribution in [0, 0.1) is 0 Å². The van der Waals surface area contributed by atoms with Gasteiger partial charge in [0.2, 0.25) is 0 Å². The molecule has 2 aliphatic rings. The lowest BCUT2D eigenvalue weighted by Crippen LogP contribution is -2.15. The molecule has 0 fully saturated rings. The van der Waals surface area contributed by atoms with Gasteiger partial charge in [0.05, 0.1) is 10.2 Å². The number of ether oxygens (including phenoxy) is 2. The molecule has 0 spiro atoms. The highest BCUT2D eigenvalue weighted by molar-refractivity contribution is 7.22. The van der Waals surface area contributed by atoms with Crippen LogP contribution in [-0.2, 0) is 12.8 Å². The summed E-state index contributed by atoms with van der Waals surface area (Å²) in [6.07, 6.45) is 4.61. The van der Waals surface area contributed by atoms with E-state index in [-0.39, 0.29) is 5.91 Å². The van der Waals surface area contributed by atoms with Crippen LogP contribution < -0.4 is 14.8 Å². The molecule has 5 nitrogen and oxygen atoms in total. The minimum absolute atomic E-state index is 0.116. The summed E-state index contributed by atoms with van der Waals surface area (Å²) < 4.78 is 12.2. The van der Waals surface area contributed by atoms with Crippen LogP contribution in [0.15, 0.2) is 30.3 Å². The second-order valence-corrected chi connectivity index (χ2v) is 7.66. The first-order valence-electron chi connectivity index (χ1n) is 8.90. The van der Waals surface area contributed by atoms with E-state index in [0.717, 1.165) is 28.8 Å². The molecule has 0 saturated carbocycles. The largest absolute Gasteiger partial charge is 0.486 e. The highest BCUT2D eigenvalue weighted by Crippen LogP contribution is 2.38. The van der Waals surface area contributed by atoms with E-state index in [1.165, 1.54) is 35.3 Å². The van der Waals surface area contributed by atoms with Crippen molar-refractivity contribution in [2.24, 2.45) is 0 Å². The van der Waals surface area contributed by atoms with Gasteiger partial charge in [-0.1, -0.05) is 17.4 Å². The summed E-state index contributed by atoms with van der Waals surface area (Å²) in [5.74, 6) is 1.33. The fraction of sp³-hybridized carbons (Fsp3) is 0.300. The van der Waals surface area contributed by atoms with E-state index in [1.54, 1.807) is 0 Å². The molecule has 1 aliphatic carbocycles. The minimum atomic E-state index is -0.116. The number of thiazole rings is 1. The maximum Gasteiger partial charge on any atom is 0.257 e. The van der Waals surface area contributed by atoms with Gasteiger partial charge in [0, 0.05) is 17.7 Å². The summed E-state index contributed by atoms with van der Waals surface area (Å²) in [4.78, 5) is 17.2. The third-order valence-electron chi connectivity index (χ3n) is 4.88. The SMILES string of the molecule is O=C(Nc1nc2cc3c(cc2s1)OCCO3)c1ccc2c(c1)CCCC2. The Kier molecular flexibility index (Phi) is 3.78. The predicted octanol–water partition coefficient (Wildman–Crippen LogP) is 4.20. The van der Waals surface area contributed by atoms with E-state index in [1.807, 2.05) is 24.3 Å². The molecule has 0 saturated heterocycles. The van der Waals surface area contributed by atoms with Crippen molar-refractivity contribution < 1.29 is 14.3 Å². The zero-order chi connectivity index (χ0) is 17.5. The van der Waals surface area contributed by atoms with Gasteiger partial charge >= 0.3 is 0 Å². The lowest BCUT2D eigenvalue weighted by molar-refractivity contribution is 0.102. The Bertz CT molecular complexity index is 969. The summed E-state index contributed by atoms with van der Waals surface area (Å²) in [6.45, 7) is 1.10. The van der Waals surface area contributed by atoms with Crippen LogP contribution in [0.5, 0.6) is 11.5 Å². The molecule has 26 heavy (non-hydrogen) atoms. The first-order valence-corrected chi connectivity index (χ1v) is 9.71. The Morgan fingerprint density at radius 2 is 1.77 bits per heavy atom. The molecule has 0 atom stereocenters. The molecule has 1 aliphatic heterocycles. The van der Waals surface area contributed by atoms with E-state index in [0.29, 0.717) is 29.7 Å². The van der Waals surface area contributed by atoms with Gasteiger partial charge < -0.3 is 9.47 Å². The smallest absolute Gasteiger partial charge is 0.257 e. The van der Waals surface area contributed by atoms with Crippen LogP contribution in [0.2, 0.25) is 0 Å². The monoisotopic (exact) mass is 366 g/mol. The summed E-state index contributed by atoms with van der Waals surface area (Å²) in [5.41, 5.74) is 4.17. The van der Waals surface area contributed by atoms with Crippen molar-refractivity contribution >= 4 is 32.6 Å². The van der Waals surface area contributed by atoms with Gasteiger partial charge in [-0.2, -0.15) is 0 Å². The predicted molar refractivity (Wildman–Crippen MR) is 102 cm³/mol. The van der Waals surface area contributed by atoms with E-state index in [2.05, 4.69) is 16.4 Å². The number of aromatic nitrogens is 1. The Balaban J connectivity index is 1.41. The zero-order valence-electron chi connectivity index (χ0n) is 14.2. The number of carbonyl (C=O) groups excluding carboxylic acids is 1. The third kappa shape index (κ3) is 2.80. The van der Waals surface area contributed by atoms with Crippen molar-refractivity contribution in [1.82, 2.24) is 4.98 Å². The van der Waals surface area contributed by atoms with Gasteiger partial charge in [-0.15, -0.1) is 0 Å². The molecule has 0 bridgehead atoms. The fourth-order valence-corrected chi connectivity index (χ4v) is 4.43. The van der Waals surface area contributed by atoms with Crippen molar-refractivity contribution in [2.45, 2.75) is 25.7 Å². The van der Waals surface area contributed by atoms with Crippen LogP contribution in [0.1, 0.15) is 34.3 Å². The number of hydrogen-bond acceptors (Lipinski definition) is 5. The Hall–Kier alpha value is -2.60. The average molecular weight is 366 g/mol. The zero-order valence-corrected chi connectivity index (χ0v) is 15.0. The van der Waals surface area contributed by atoms with Gasteiger partial charge in [0.1, 0.15) is 13.2 Å². The number of hydrogen-bond donors (Lipinski definition) is 1. The summed E-state index contributed by atoms with van der Waals surface area (Å²) >= 11 is 1.44. The first kappa shape index (κ1) is 15.6. The van der Waals surface area contributed by atoms with Crippen LogP contribution in [0.3, 0.4) is 0 Å². The molecule has 0 radical (unpaired) electrons. The van der Waals surface area contributed by atoms with Crippen LogP contribution in [0.4, 0.5) is 5.13 Å². The van der Waals surface area contributed by atoms with E-state index in [9.17, 15) is 4.79 Å². The Morgan fingerprint density at radius 3 is 2.62 bits per heavy atom. The van der Waals surface area contributed by atoms with Crippen molar-refractivity contribution in [3.63, 3.8) is 0 Å². The third-order valence-corrected chi connectivity index (χ3v) is 5.82. The number of aryl methyl sites for hydroxylation is 2. The maximum absolute atomic E-state index is 12.6. The highest BCUT2D eigenvalue weighted by atomic mass is 32.1. The molecule has 1 aromatic heterocycles. The molecule has 132 valence electrons. The molecule has 5 rings (SSSR count). The summed E-state index contributed by atoms with van der Waals surface area (Å²) in [5, 5.41) is 3.52. The second kappa shape index (κ2) is 6.29. The van der Waals surface area contributed by atoms with Gasteiger partial charge in [-0.25, -0.2) is 4.98 Å². The van der Waals surface area contributed by atoms with Crippen molar-refractivity contribution in [1.29, 1.82) is 0 Å². The van der Waals surface area contributed by atoms with Crippen molar-refractivity contribution in [2.75, 3.05) is 18.5 Å². The fourth-order valence-electron chi connectivity index (χ4n) is 3.56. The molecule has 6 heteroatoms. The average Bonchev–Trinajstić information content (AvgIpc) is 3.06. The van der Waals surface area contributed by atoms with Crippen LogP contribution in [0.25, 0.3) is 10.2 Å². The summed E-state index contributed by atoms with van der Waals surface area (Å²) in [6, 6.07) is 9.82. The number of anilines is 1. The number of nitrogens with one attached hydrogen (secondary N) is 1. The van der Waals surface area contributed by atoms with Crippen LogP contribution in [-0.4, -0.2) is 24.1 Å². The minimum Gasteiger partial charge on any atom is -0.486 e. The lowest BCUT2D eigenvalue weighted by Gasteiger charge is -2.17. The number of nitrogens with zero attached hydrogens (tertiary/aromatic N) is 1. The molecule has 2 aromatic carbocycles. The molecule has 1 N–H and O–H groups in total. The quantitative estimate of drug-likeness (QED) is 0.738. The first-order chi connectivity index (χ1) is 12.8. The highest BCUT2D eigenvalue weighted by Gasteiger charge is 2.17. The normalized spacial score (nSPS) is 15.5. The van der Waals surface area contributed by atoms with Gasteiger partial charge in [-0.05, 0) is 48.9 Å². The van der Waals surface area contributed by atoms with E-state index >= 15 is 0 Å². The number of rotatable bonds is 2. The van der Waals surface area contributed by atoms with E-state index < -0.39 is 0 Å². The molecule has 1 amide bonds. The molecule has 2 heterocycles. The summed E-state index contributed by atoms with van der Waals surface area (Å²) in [7, 11) is 0. The Labute approximate surface area is 155 Å². The standard InChI is InChI=1S/C20H18N2O3S/c23-19(14-6-5-12-3-1-2-4-13(12)9-14)22-20-21-15-10-16-17(11-18(15)26-20)25-8-7-24-16/h5-6,9-11H,1-4,7-8H2,(H,21,22,23). The number of benzene rings is 2. The molecular weight excluding hydrogens is 348 g/mol. The lowest BCUT2D eigenvalue weighted by atomic mass is 9.90. The maximum atomic E-state index is 12.6. The molecule has 0 unspecified atom stereocenters. The molecule has 3 aromatic rings. The number of fused-ring (bicyclic) bond motifs is 3. The number of carbonyl (C=O) groups is 1. The van der Waals surface area contributed by atoms with Crippen molar-refractivity contribution in [3.05, 3.63) is 47.0 Å². The van der Waals surface area contributed by atoms with Gasteiger partial charge in [0.15, 0.2) is 16.6 Å². The van der Waals surface area contributed by atoms with Crippen molar-refractivity contribution in [3.8, 4) is 11.5 Å². The Morgan fingerprint density at radius 1 is 1.00 bits per heavy atom. The number of amides is 1.